The molecule has 0 spiro atoms. The van der Waals surface area contributed by atoms with E-state index in [1.807, 2.05) is 54.6 Å². The zero-order chi connectivity index (χ0) is 17.1. The molecule has 0 aliphatic carbocycles. The number of hydrogen-bond donors (Lipinski definition) is 0. The van der Waals surface area contributed by atoms with Crippen molar-refractivity contribution >= 4 is 42.5 Å². The number of ketones is 1. The summed E-state index contributed by atoms with van der Waals surface area (Å²) >= 11 is 4.23. The van der Waals surface area contributed by atoms with Gasteiger partial charge in [-0.1, -0.05) is 0 Å². The average Bonchev–Trinajstić information content (AvgIpc) is 2.63. The number of carbonyl (C=O) groups is 1. The molecule has 0 aromatic heterocycles. The molecule has 0 amide bonds. The number of Topliss-reactive ketones (excluding diaryl/α,β-unsaturated/α-hetero) is 1. The molecule has 3 aromatic carbocycles. The van der Waals surface area contributed by atoms with E-state index in [0.717, 1.165) is 0 Å². The van der Waals surface area contributed by atoms with Gasteiger partial charge in [0.05, 0.1) is 0 Å². The van der Waals surface area contributed by atoms with Crippen molar-refractivity contribution in [2.75, 3.05) is 6.16 Å². The standard InChI is InChI=1S/C21H20BrOP/c1-18(23)17-24(22,19-11-5-2-6-12-19,20-13-7-3-8-14-20)21-15-9-4-10-16-21/h2-16H,17H2,1H3. The molecule has 0 fully saturated rings. The summed E-state index contributed by atoms with van der Waals surface area (Å²) < 4.78 is 0. The van der Waals surface area contributed by atoms with Crippen molar-refractivity contribution < 1.29 is 4.79 Å². The molecule has 3 aromatic rings. The van der Waals surface area contributed by atoms with Crippen molar-refractivity contribution in [3.63, 3.8) is 0 Å². The minimum atomic E-state index is -3.03. The summed E-state index contributed by atoms with van der Waals surface area (Å²) in [5.41, 5.74) is 0. The van der Waals surface area contributed by atoms with E-state index in [9.17, 15) is 4.79 Å². The summed E-state index contributed by atoms with van der Waals surface area (Å²) in [6.45, 7) is 1.68. The van der Waals surface area contributed by atoms with Crippen molar-refractivity contribution in [1.29, 1.82) is 0 Å². The zero-order valence-corrected chi connectivity index (χ0v) is 16.1. The third-order valence-electron chi connectivity index (χ3n) is 4.40. The van der Waals surface area contributed by atoms with Crippen molar-refractivity contribution in [1.82, 2.24) is 0 Å². The molecular weight excluding hydrogens is 379 g/mol. The van der Waals surface area contributed by atoms with E-state index in [1.165, 1.54) is 15.9 Å². The maximum atomic E-state index is 12.4. The van der Waals surface area contributed by atoms with Crippen LogP contribution in [0.15, 0.2) is 91.0 Å². The molecule has 24 heavy (non-hydrogen) atoms. The normalized spacial score (nSPS) is 13.0. The molecule has 0 radical (unpaired) electrons. The Bertz CT molecular complexity index is 732. The monoisotopic (exact) mass is 398 g/mol. The topological polar surface area (TPSA) is 17.1 Å². The quantitative estimate of drug-likeness (QED) is 0.581. The van der Waals surface area contributed by atoms with Gasteiger partial charge in [0.25, 0.3) is 0 Å². The van der Waals surface area contributed by atoms with Gasteiger partial charge in [0.15, 0.2) is 0 Å². The predicted octanol–water partition coefficient (Wildman–Crippen LogP) is 4.42. The van der Waals surface area contributed by atoms with Crippen LogP contribution in [0.2, 0.25) is 0 Å². The van der Waals surface area contributed by atoms with E-state index in [2.05, 4.69) is 51.9 Å². The number of benzene rings is 3. The molecular formula is C21H20BrOP. The first-order chi connectivity index (χ1) is 11.6. The van der Waals surface area contributed by atoms with Crippen LogP contribution < -0.4 is 15.9 Å². The molecule has 0 saturated heterocycles. The van der Waals surface area contributed by atoms with Crippen LogP contribution in [-0.2, 0) is 4.79 Å². The molecule has 0 N–H and O–H groups in total. The van der Waals surface area contributed by atoms with E-state index in [-0.39, 0.29) is 5.78 Å². The Kier molecular flexibility index (Phi) is 4.71. The van der Waals surface area contributed by atoms with Gasteiger partial charge in [-0.15, -0.1) is 0 Å². The summed E-state index contributed by atoms with van der Waals surface area (Å²) in [6.07, 6.45) is 0.462. The number of rotatable bonds is 5. The Morgan fingerprint density at radius 1 is 0.708 bits per heavy atom. The van der Waals surface area contributed by atoms with E-state index in [0.29, 0.717) is 6.16 Å². The summed E-state index contributed by atoms with van der Waals surface area (Å²) in [4.78, 5) is 12.4. The van der Waals surface area contributed by atoms with Crippen molar-refractivity contribution in [3.8, 4) is 0 Å². The van der Waals surface area contributed by atoms with Gasteiger partial charge in [0.2, 0.25) is 0 Å². The first-order valence-electron chi connectivity index (χ1n) is 7.95. The van der Waals surface area contributed by atoms with E-state index in [1.54, 1.807) is 6.92 Å². The van der Waals surface area contributed by atoms with Gasteiger partial charge < -0.3 is 0 Å². The third kappa shape index (κ3) is 2.75. The average molecular weight is 399 g/mol. The van der Waals surface area contributed by atoms with E-state index in [4.69, 9.17) is 0 Å². The molecule has 3 heteroatoms. The second-order valence-corrected chi connectivity index (χ2v) is 15.0. The fourth-order valence-electron chi connectivity index (χ4n) is 3.36. The second-order valence-electron chi connectivity index (χ2n) is 6.05. The molecule has 0 bridgehead atoms. The molecule has 0 unspecified atom stereocenters. The zero-order valence-electron chi connectivity index (χ0n) is 13.6. The molecule has 3 rings (SSSR count). The fourth-order valence-corrected chi connectivity index (χ4v) is 11.2. The van der Waals surface area contributed by atoms with Crippen molar-refractivity contribution in [2.45, 2.75) is 6.92 Å². The summed E-state index contributed by atoms with van der Waals surface area (Å²) in [5.74, 6) is 0.182. The second kappa shape index (κ2) is 6.63. The molecule has 122 valence electrons. The molecule has 1 nitrogen and oxygen atoms in total. The van der Waals surface area contributed by atoms with Crippen LogP contribution >= 0.6 is 20.8 Å². The first-order valence-corrected chi connectivity index (χ1v) is 12.4. The molecule has 0 atom stereocenters. The van der Waals surface area contributed by atoms with Crippen LogP contribution in [-0.4, -0.2) is 11.9 Å². The van der Waals surface area contributed by atoms with Crippen LogP contribution in [0.1, 0.15) is 6.92 Å². The van der Waals surface area contributed by atoms with Crippen molar-refractivity contribution in [2.24, 2.45) is 0 Å². The Hall–Kier alpha value is -1.76. The summed E-state index contributed by atoms with van der Waals surface area (Å²) in [7, 11) is 0. The number of hydrogen-bond acceptors (Lipinski definition) is 1. The van der Waals surface area contributed by atoms with Gasteiger partial charge in [0, 0.05) is 0 Å². The Morgan fingerprint density at radius 2 is 1.00 bits per heavy atom. The third-order valence-corrected chi connectivity index (χ3v) is 14.0. The first kappa shape index (κ1) is 17.1. The summed E-state index contributed by atoms with van der Waals surface area (Å²) in [5, 5.41) is 0.498. The summed E-state index contributed by atoms with van der Waals surface area (Å²) in [6, 6.07) is 31.1. The Balaban J connectivity index is 2.45. The molecule has 0 aliphatic heterocycles. The van der Waals surface area contributed by atoms with Crippen LogP contribution in [0.25, 0.3) is 0 Å². The van der Waals surface area contributed by atoms with Crippen LogP contribution in [0.3, 0.4) is 0 Å². The van der Waals surface area contributed by atoms with Gasteiger partial charge in [0.1, 0.15) is 0 Å². The maximum absolute atomic E-state index is 12.4. The van der Waals surface area contributed by atoms with Gasteiger partial charge in [-0.3, -0.25) is 0 Å². The van der Waals surface area contributed by atoms with E-state index < -0.39 is 5.31 Å². The van der Waals surface area contributed by atoms with Crippen molar-refractivity contribution in [3.05, 3.63) is 91.0 Å². The Labute approximate surface area is 151 Å². The molecule has 0 aliphatic rings. The van der Waals surface area contributed by atoms with Crippen LogP contribution in [0.5, 0.6) is 0 Å². The SMILES string of the molecule is CC(=O)CP(Br)(c1ccccc1)(c1ccccc1)c1ccccc1. The van der Waals surface area contributed by atoms with Gasteiger partial charge >= 0.3 is 151 Å². The Morgan fingerprint density at radius 3 is 1.25 bits per heavy atom. The van der Waals surface area contributed by atoms with E-state index >= 15 is 0 Å². The molecule has 0 heterocycles. The fraction of sp³-hybridized carbons (Fsp3) is 0.0952. The van der Waals surface area contributed by atoms with Gasteiger partial charge in [-0.2, -0.15) is 0 Å². The molecule has 0 saturated carbocycles. The minimum absolute atomic E-state index is 0.182. The predicted molar refractivity (Wildman–Crippen MR) is 110 cm³/mol. The van der Waals surface area contributed by atoms with Crippen LogP contribution in [0, 0.1) is 0 Å². The number of halogens is 1. The van der Waals surface area contributed by atoms with Crippen LogP contribution in [0.4, 0.5) is 0 Å². The van der Waals surface area contributed by atoms with Gasteiger partial charge in [-0.05, 0) is 0 Å². The number of carbonyl (C=O) groups excluding carboxylic acids is 1. The van der Waals surface area contributed by atoms with Gasteiger partial charge in [-0.25, -0.2) is 0 Å².